The first-order valence-corrected chi connectivity index (χ1v) is 8.52. The number of piperidine rings is 1. The van der Waals surface area contributed by atoms with E-state index in [2.05, 4.69) is 35.6 Å². The fourth-order valence-electron chi connectivity index (χ4n) is 3.05. The van der Waals surface area contributed by atoms with Crippen LogP contribution in [-0.4, -0.2) is 47.0 Å². The Balaban J connectivity index is 2.14. The maximum Gasteiger partial charge on any atom is 0.272 e. The van der Waals surface area contributed by atoms with E-state index in [1.54, 1.807) is 0 Å². The number of rotatable bonds is 6. The number of hydrogen-bond acceptors (Lipinski definition) is 4. The summed E-state index contributed by atoms with van der Waals surface area (Å²) in [5.41, 5.74) is 0.524. The largest absolute Gasteiger partial charge is 0.357 e. The van der Waals surface area contributed by atoms with Crippen molar-refractivity contribution in [3.8, 4) is 0 Å². The van der Waals surface area contributed by atoms with E-state index in [9.17, 15) is 4.79 Å². The van der Waals surface area contributed by atoms with Gasteiger partial charge in [-0.1, -0.05) is 20.8 Å². The van der Waals surface area contributed by atoms with Crippen molar-refractivity contribution in [1.82, 2.24) is 14.9 Å². The predicted molar refractivity (Wildman–Crippen MR) is 89.1 cm³/mol. The van der Waals surface area contributed by atoms with E-state index in [-0.39, 0.29) is 5.91 Å². The molecule has 1 aliphatic heterocycles. The highest BCUT2D eigenvalue weighted by Crippen LogP contribution is 2.19. The van der Waals surface area contributed by atoms with Crippen LogP contribution in [-0.2, 0) is 0 Å². The van der Waals surface area contributed by atoms with Crippen LogP contribution in [0, 0.1) is 5.92 Å². The van der Waals surface area contributed by atoms with Crippen LogP contribution < -0.4 is 4.90 Å². The van der Waals surface area contributed by atoms with Gasteiger partial charge in [-0.3, -0.25) is 4.79 Å². The summed E-state index contributed by atoms with van der Waals surface area (Å²) in [6, 6.07) is 1.85. The summed E-state index contributed by atoms with van der Waals surface area (Å²) in [6.07, 6.45) is 5.95. The van der Waals surface area contributed by atoms with Gasteiger partial charge in [0.05, 0.1) is 0 Å². The number of carbonyl (C=O) groups excluding carboxylic acids is 1. The van der Waals surface area contributed by atoms with Crippen molar-refractivity contribution in [3.63, 3.8) is 0 Å². The van der Waals surface area contributed by atoms with E-state index in [1.807, 2.05) is 11.0 Å². The van der Waals surface area contributed by atoms with E-state index in [1.165, 1.54) is 12.7 Å². The Morgan fingerprint density at radius 2 is 2.05 bits per heavy atom. The molecule has 5 nitrogen and oxygen atoms in total. The molecule has 0 spiro atoms. The Labute approximate surface area is 133 Å². The maximum atomic E-state index is 12.7. The van der Waals surface area contributed by atoms with Gasteiger partial charge < -0.3 is 9.80 Å². The number of likely N-dealkylation sites (tertiary alicyclic amines) is 1. The monoisotopic (exact) mass is 304 g/mol. The van der Waals surface area contributed by atoms with Crippen molar-refractivity contribution >= 4 is 11.7 Å². The second kappa shape index (κ2) is 8.11. The van der Waals surface area contributed by atoms with Gasteiger partial charge in [0.15, 0.2) is 0 Å². The number of carbonyl (C=O) groups is 1. The smallest absolute Gasteiger partial charge is 0.272 e. The van der Waals surface area contributed by atoms with Crippen molar-refractivity contribution in [2.45, 2.75) is 46.5 Å². The highest BCUT2D eigenvalue weighted by Gasteiger charge is 2.23. The Bertz CT molecular complexity index is 485. The average molecular weight is 304 g/mol. The standard InChI is InChI=1S/C17H28N4O/c1-4-8-20(9-5-2)16-11-15(18-13-19-16)17(22)21-10-6-7-14(3)12-21/h11,13-14H,4-10,12H2,1-3H3. The molecular formula is C17H28N4O. The van der Waals surface area contributed by atoms with Gasteiger partial charge in [0.1, 0.15) is 17.8 Å². The second-order valence-electron chi connectivity index (χ2n) is 6.25. The third-order valence-electron chi connectivity index (χ3n) is 4.13. The van der Waals surface area contributed by atoms with Crippen molar-refractivity contribution in [2.75, 3.05) is 31.1 Å². The molecule has 0 bridgehead atoms. The van der Waals surface area contributed by atoms with Crippen molar-refractivity contribution in [1.29, 1.82) is 0 Å². The van der Waals surface area contributed by atoms with Crippen LogP contribution in [0.1, 0.15) is 56.9 Å². The van der Waals surface area contributed by atoms with Gasteiger partial charge in [-0.15, -0.1) is 0 Å². The van der Waals surface area contributed by atoms with Crippen LogP contribution in [0.25, 0.3) is 0 Å². The lowest BCUT2D eigenvalue weighted by Gasteiger charge is -2.31. The zero-order valence-corrected chi connectivity index (χ0v) is 14.1. The van der Waals surface area contributed by atoms with E-state index < -0.39 is 0 Å². The highest BCUT2D eigenvalue weighted by molar-refractivity contribution is 5.93. The lowest BCUT2D eigenvalue weighted by atomic mass is 10.00. The van der Waals surface area contributed by atoms with Gasteiger partial charge >= 0.3 is 0 Å². The molecule has 0 radical (unpaired) electrons. The number of amides is 1. The number of hydrogen-bond donors (Lipinski definition) is 0. The molecule has 1 unspecified atom stereocenters. The van der Waals surface area contributed by atoms with Crippen molar-refractivity contribution in [3.05, 3.63) is 18.1 Å². The zero-order chi connectivity index (χ0) is 15.9. The number of aromatic nitrogens is 2. The van der Waals surface area contributed by atoms with Crippen LogP contribution >= 0.6 is 0 Å². The molecule has 1 saturated heterocycles. The maximum absolute atomic E-state index is 12.7. The topological polar surface area (TPSA) is 49.3 Å². The summed E-state index contributed by atoms with van der Waals surface area (Å²) in [6.45, 7) is 10.1. The summed E-state index contributed by atoms with van der Waals surface area (Å²) in [5, 5.41) is 0. The molecule has 1 aromatic heterocycles. The summed E-state index contributed by atoms with van der Waals surface area (Å²) >= 11 is 0. The van der Waals surface area contributed by atoms with Crippen LogP contribution in [0.3, 0.4) is 0 Å². The van der Waals surface area contributed by atoms with Crippen molar-refractivity contribution in [2.24, 2.45) is 5.92 Å². The van der Waals surface area contributed by atoms with Crippen LogP contribution in [0.15, 0.2) is 12.4 Å². The van der Waals surface area contributed by atoms with Crippen LogP contribution in [0.4, 0.5) is 5.82 Å². The molecule has 1 aliphatic rings. The van der Waals surface area contributed by atoms with Gasteiger partial charge in [0.25, 0.3) is 5.91 Å². The molecule has 2 heterocycles. The van der Waals surface area contributed by atoms with Crippen LogP contribution in [0.2, 0.25) is 0 Å². The Morgan fingerprint density at radius 1 is 1.32 bits per heavy atom. The third-order valence-corrected chi connectivity index (χ3v) is 4.13. The molecule has 1 amide bonds. The first-order valence-electron chi connectivity index (χ1n) is 8.52. The lowest BCUT2D eigenvalue weighted by Crippen LogP contribution is -2.39. The lowest BCUT2D eigenvalue weighted by molar-refractivity contribution is 0.0677. The minimum Gasteiger partial charge on any atom is -0.357 e. The van der Waals surface area contributed by atoms with E-state index in [0.29, 0.717) is 11.6 Å². The molecule has 1 aromatic rings. The molecule has 2 rings (SSSR count). The minimum absolute atomic E-state index is 0.0446. The number of anilines is 1. The zero-order valence-electron chi connectivity index (χ0n) is 14.1. The molecule has 1 fully saturated rings. The fraction of sp³-hybridized carbons (Fsp3) is 0.706. The van der Waals surface area contributed by atoms with E-state index in [4.69, 9.17) is 0 Å². The third kappa shape index (κ3) is 4.18. The summed E-state index contributed by atoms with van der Waals surface area (Å²) in [4.78, 5) is 25.4. The molecule has 0 aromatic carbocycles. The molecule has 5 heteroatoms. The molecule has 0 aliphatic carbocycles. The minimum atomic E-state index is 0.0446. The second-order valence-corrected chi connectivity index (χ2v) is 6.25. The molecular weight excluding hydrogens is 276 g/mol. The number of nitrogens with zero attached hydrogens (tertiary/aromatic N) is 4. The average Bonchev–Trinajstić information content (AvgIpc) is 2.54. The van der Waals surface area contributed by atoms with Gasteiger partial charge in [-0.05, 0) is 31.6 Å². The van der Waals surface area contributed by atoms with Gasteiger partial charge in [-0.2, -0.15) is 0 Å². The first kappa shape index (κ1) is 16.7. The van der Waals surface area contributed by atoms with Gasteiger partial charge in [-0.25, -0.2) is 9.97 Å². The fourth-order valence-corrected chi connectivity index (χ4v) is 3.05. The normalized spacial score (nSPS) is 18.3. The Hall–Kier alpha value is -1.65. The van der Waals surface area contributed by atoms with Crippen LogP contribution in [0.5, 0.6) is 0 Å². The summed E-state index contributed by atoms with van der Waals surface area (Å²) in [5.74, 6) is 1.49. The molecule has 122 valence electrons. The van der Waals surface area contributed by atoms with E-state index >= 15 is 0 Å². The Morgan fingerprint density at radius 3 is 2.68 bits per heavy atom. The molecule has 1 atom stereocenters. The SMILES string of the molecule is CCCN(CCC)c1cc(C(=O)N2CCCC(C)C2)ncn1. The van der Waals surface area contributed by atoms with Gasteiger partial charge in [0.2, 0.25) is 0 Å². The quantitative estimate of drug-likeness (QED) is 0.810. The summed E-state index contributed by atoms with van der Waals surface area (Å²) < 4.78 is 0. The Kier molecular flexibility index (Phi) is 6.16. The highest BCUT2D eigenvalue weighted by atomic mass is 16.2. The predicted octanol–water partition coefficient (Wildman–Crippen LogP) is 2.98. The summed E-state index contributed by atoms with van der Waals surface area (Å²) in [7, 11) is 0. The van der Waals surface area contributed by atoms with Crippen molar-refractivity contribution < 1.29 is 4.79 Å². The van der Waals surface area contributed by atoms with Gasteiger partial charge in [0, 0.05) is 32.2 Å². The molecule has 0 N–H and O–H groups in total. The molecule has 0 saturated carbocycles. The van der Waals surface area contributed by atoms with E-state index in [0.717, 1.165) is 51.3 Å². The molecule has 22 heavy (non-hydrogen) atoms. The first-order chi connectivity index (χ1) is 10.7.